The molecular formula is C23H30N8O. The number of carbonyl (C=O) groups is 1. The van der Waals surface area contributed by atoms with Crippen LogP contribution in [-0.2, 0) is 4.79 Å². The second-order valence-corrected chi connectivity index (χ2v) is 8.98. The van der Waals surface area contributed by atoms with E-state index in [2.05, 4.69) is 55.6 Å². The van der Waals surface area contributed by atoms with Crippen molar-refractivity contribution in [2.75, 3.05) is 47.8 Å². The Hall–Kier alpha value is -3.20. The molecule has 5 rings (SSSR count). The number of aromatic nitrogens is 3. The van der Waals surface area contributed by atoms with Gasteiger partial charge in [-0.3, -0.25) is 4.79 Å². The molecule has 0 spiro atoms. The molecule has 0 aromatic carbocycles. The van der Waals surface area contributed by atoms with Gasteiger partial charge >= 0.3 is 0 Å². The number of amides is 1. The number of anilines is 4. The Kier molecular flexibility index (Phi) is 5.65. The van der Waals surface area contributed by atoms with Gasteiger partial charge in [-0.05, 0) is 24.5 Å². The maximum Gasteiger partial charge on any atom is 0.246 e. The molecule has 1 amide bonds. The second-order valence-electron chi connectivity index (χ2n) is 8.98. The van der Waals surface area contributed by atoms with Crippen LogP contribution in [0.3, 0.4) is 0 Å². The van der Waals surface area contributed by atoms with Gasteiger partial charge in [-0.2, -0.15) is 4.98 Å². The maximum absolute atomic E-state index is 12.5. The predicted molar refractivity (Wildman–Crippen MR) is 126 cm³/mol. The summed E-state index contributed by atoms with van der Waals surface area (Å²) in [5, 5.41) is 9.64. The minimum Gasteiger partial charge on any atom is -0.368 e. The Bertz CT molecular complexity index is 1000. The minimum absolute atomic E-state index is 0.0187. The van der Waals surface area contributed by atoms with Crippen molar-refractivity contribution in [3.8, 4) is 0 Å². The summed E-state index contributed by atoms with van der Waals surface area (Å²) in [6, 6.07) is 3.89. The van der Waals surface area contributed by atoms with E-state index in [-0.39, 0.29) is 18.0 Å². The summed E-state index contributed by atoms with van der Waals surface area (Å²) in [5.74, 6) is 2.51. The van der Waals surface area contributed by atoms with Gasteiger partial charge < -0.3 is 25.8 Å². The van der Waals surface area contributed by atoms with Crippen molar-refractivity contribution < 1.29 is 4.79 Å². The van der Waals surface area contributed by atoms with Crippen molar-refractivity contribution in [3.63, 3.8) is 0 Å². The number of fused-ring (bicyclic) bond motifs is 3. The van der Waals surface area contributed by atoms with E-state index in [0.717, 1.165) is 49.7 Å². The third-order valence-corrected chi connectivity index (χ3v) is 6.19. The fraction of sp³-hybridized carbons (Fsp3) is 0.478. The average molecular weight is 435 g/mol. The molecular weight excluding hydrogens is 404 g/mol. The zero-order valence-electron chi connectivity index (χ0n) is 18.6. The third kappa shape index (κ3) is 4.12. The summed E-state index contributed by atoms with van der Waals surface area (Å²) in [6.07, 6.45) is 8.56. The van der Waals surface area contributed by atoms with Crippen LogP contribution >= 0.6 is 0 Å². The van der Waals surface area contributed by atoms with Gasteiger partial charge in [-0.1, -0.05) is 26.0 Å². The lowest BCUT2D eigenvalue weighted by Crippen LogP contribution is -2.61. The Morgan fingerprint density at radius 3 is 2.78 bits per heavy atom. The molecule has 9 nitrogen and oxygen atoms in total. The molecule has 32 heavy (non-hydrogen) atoms. The third-order valence-electron chi connectivity index (χ3n) is 6.19. The molecule has 0 aliphatic carbocycles. The highest BCUT2D eigenvalue weighted by molar-refractivity contribution is 5.92. The standard InChI is InChI=1S/C23H30N8O/c1-15(2)11-18-14-26-22(32)19-5-3-16-12-27-23(29-21(16)31(18)19)28-20-6-4-17(13-25-20)30-9-7-24-8-10-30/h3-6,12-13,15,18-19,24H,7-11,14H2,1-2H3,(H,26,32)(H,25,27,28,29). The molecule has 0 saturated carbocycles. The first-order valence-corrected chi connectivity index (χ1v) is 11.4. The van der Waals surface area contributed by atoms with Gasteiger partial charge in [0.25, 0.3) is 0 Å². The van der Waals surface area contributed by atoms with E-state index < -0.39 is 0 Å². The number of hydrogen-bond donors (Lipinski definition) is 3. The summed E-state index contributed by atoms with van der Waals surface area (Å²) < 4.78 is 0. The molecule has 3 aliphatic rings. The summed E-state index contributed by atoms with van der Waals surface area (Å²) in [5.41, 5.74) is 2.05. The van der Waals surface area contributed by atoms with E-state index in [4.69, 9.17) is 4.98 Å². The minimum atomic E-state index is -0.334. The number of piperazine rings is 2. The summed E-state index contributed by atoms with van der Waals surface area (Å²) >= 11 is 0. The Morgan fingerprint density at radius 1 is 1.19 bits per heavy atom. The van der Waals surface area contributed by atoms with Gasteiger partial charge in [-0.25, -0.2) is 9.97 Å². The topological polar surface area (TPSA) is 98.3 Å². The lowest BCUT2D eigenvalue weighted by molar-refractivity contribution is -0.122. The molecule has 5 heterocycles. The van der Waals surface area contributed by atoms with Crippen LogP contribution in [0.25, 0.3) is 6.08 Å². The molecule has 2 unspecified atom stereocenters. The van der Waals surface area contributed by atoms with E-state index in [0.29, 0.717) is 24.2 Å². The van der Waals surface area contributed by atoms with Crippen LogP contribution in [0.15, 0.2) is 30.6 Å². The van der Waals surface area contributed by atoms with Crippen LogP contribution < -0.4 is 25.8 Å². The number of pyridine rings is 1. The first-order chi connectivity index (χ1) is 15.6. The first-order valence-electron chi connectivity index (χ1n) is 11.4. The first kappa shape index (κ1) is 20.7. The molecule has 2 atom stereocenters. The Morgan fingerprint density at radius 2 is 2.03 bits per heavy atom. The van der Waals surface area contributed by atoms with Crippen LogP contribution in [0.2, 0.25) is 0 Å². The van der Waals surface area contributed by atoms with Crippen molar-refractivity contribution in [1.82, 2.24) is 25.6 Å². The van der Waals surface area contributed by atoms with Gasteiger partial charge in [-0.15, -0.1) is 0 Å². The van der Waals surface area contributed by atoms with Crippen molar-refractivity contribution in [3.05, 3.63) is 36.2 Å². The van der Waals surface area contributed by atoms with E-state index in [1.807, 2.05) is 30.6 Å². The molecule has 0 radical (unpaired) electrons. The second kappa shape index (κ2) is 8.74. The zero-order valence-corrected chi connectivity index (χ0v) is 18.6. The molecule has 2 aromatic rings. The van der Waals surface area contributed by atoms with Gasteiger partial charge in [0.2, 0.25) is 11.9 Å². The van der Waals surface area contributed by atoms with Crippen LogP contribution in [0.5, 0.6) is 0 Å². The smallest absolute Gasteiger partial charge is 0.246 e. The van der Waals surface area contributed by atoms with Gasteiger partial charge in [0.05, 0.1) is 11.9 Å². The molecule has 9 heteroatoms. The molecule has 0 bridgehead atoms. The summed E-state index contributed by atoms with van der Waals surface area (Å²) in [6.45, 7) is 8.98. The number of nitrogens with one attached hydrogen (secondary N) is 3. The molecule has 2 saturated heterocycles. The highest BCUT2D eigenvalue weighted by Crippen LogP contribution is 2.33. The van der Waals surface area contributed by atoms with Crippen molar-refractivity contribution in [2.45, 2.75) is 32.4 Å². The number of carbonyl (C=O) groups excluding carboxylic acids is 1. The molecule has 2 aromatic heterocycles. The van der Waals surface area contributed by atoms with Gasteiger partial charge in [0.1, 0.15) is 17.7 Å². The number of rotatable bonds is 5. The zero-order chi connectivity index (χ0) is 22.1. The molecule has 3 N–H and O–H groups in total. The maximum atomic E-state index is 12.5. The Balaban J connectivity index is 1.38. The highest BCUT2D eigenvalue weighted by Gasteiger charge is 2.38. The summed E-state index contributed by atoms with van der Waals surface area (Å²) in [4.78, 5) is 30.9. The van der Waals surface area contributed by atoms with Gasteiger partial charge in [0, 0.05) is 50.5 Å². The largest absolute Gasteiger partial charge is 0.368 e. The van der Waals surface area contributed by atoms with Crippen molar-refractivity contribution >= 4 is 35.3 Å². The van der Waals surface area contributed by atoms with Crippen LogP contribution in [-0.4, -0.2) is 65.7 Å². The van der Waals surface area contributed by atoms with E-state index in [1.54, 1.807) is 0 Å². The van der Waals surface area contributed by atoms with E-state index in [1.165, 1.54) is 0 Å². The fourth-order valence-electron chi connectivity index (χ4n) is 4.65. The van der Waals surface area contributed by atoms with Crippen molar-refractivity contribution in [1.29, 1.82) is 0 Å². The molecule has 2 fully saturated rings. The van der Waals surface area contributed by atoms with Crippen LogP contribution in [0, 0.1) is 5.92 Å². The molecule has 3 aliphatic heterocycles. The van der Waals surface area contributed by atoms with Crippen molar-refractivity contribution in [2.24, 2.45) is 5.92 Å². The molecule has 168 valence electrons. The highest BCUT2D eigenvalue weighted by atomic mass is 16.2. The lowest BCUT2D eigenvalue weighted by atomic mass is 9.95. The average Bonchev–Trinajstić information content (AvgIpc) is 2.81. The number of nitrogens with zero attached hydrogens (tertiary/aromatic N) is 5. The van der Waals surface area contributed by atoms with Crippen LogP contribution in [0.4, 0.5) is 23.3 Å². The number of hydrogen-bond acceptors (Lipinski definition) is 8. The lowest BCUT2D eigenvalue weighted by Gasteiger charge is -2.44. The Labute approximate surface area is 188 Å². The van der Waals surface area contributed by atoms with Gasteiger partial charge in [0.15, 0.2) is 0 Å². The van der Waals surface area contributed by atoms with E-state index in [9.17, 15) is 4.79 Å². The normalized spacial score (nSPS) is 22.4. The fourth-order valence-corrected chi connectivity index (χ4v) is 4.65. The quantitative estimate of drug-likeness (QED) is 0.655. The SMILES string of the molecule is CC(C)CC1CNC(=O)C2C=Cc3cnc(Nc4ccc(N5CCNCC5)cn4)nc3N12. The van der Waals surface area contributed by atoms with E-state index >= 15 is 0 Å². The monoisotopic (exact) mass is 434 g/mol. The van der Waals surface area contributed by atoms with Crippen LogP contribution in [0.1, 0.15) is 25.8 Å². The predicted octanol–water partition coefficient (Wildman–Crippen LogP) is 1.77. The summed E-state index contributed by atoms with van der Waals surface area (Å²) in [7, 11) is 0.